The van der Waals surface area contributed by atoms with Crippen LogP contribution in [0.25, 0.3) is 0 Å². The van der Waals surface area contributed by atoms with Crippen LogP contribution in [0.3, 0.4) is 0 Å². The lowest BCUT2D eigenvalue weighted by molar-refractivity contribution is 0.414. The van der Waals surface area contributed by atoms with Gasteiger partial charge in [-0.3, -0.25) is 4.99 Å². The first-order valence-electron chi connectivity index (χ1n) is 8.70. The fraction of sp³-hybridized carbons (Fsp3) is 0.381. The van der Waals surface area contributed by atoms with Gasteiger partial charge in [0.05, 0.1) is 14.2 Å². The van der Waals surface area contributed by atoms with Crippen LogP contribution in [0, 0.1) is 0 Å². The summed E-state index contributed by atoms with van der Waals surface area (Å²) in [5.74, 6) is 2.50. The topological polar surface area (TPSA) is 54.9 Å². The van der Waals surface area contributed by atoms with E-state index in [2.05, 4.69) is 47.7 Å². The molecule has 5 nitrogen and oxygen atoms in total. The van der Waals surface area contributed by atoms with Gasteiger partial charge in [-0.05, 0) is 35.4 Å². The maximum absolute atomic E-state index is 5.26. The van der Waals surface area contributed by atoms with Gasteiger partial charge in [-0.1, -0.05) is 38.1 Å². The van der Waals surface area contributed by atoms with Crippen LogP contribution >= 0.6 is 0 Å². The van der Waals surface area contributed by atoms with Crippen molar-refractivity contribution in [1.82, 2.24) is 10.6 Å². The van der Waals surface area contributed by atoms with Gasteiger partial charge in [0, 0.05) is 25.6 Å². The van der Waals surface area contributed by atoms with E-state index in [9.17, 15) is 0 Å². The average molecular weight is 355 g/mol. The van der Waals surface area contributed by atoms with Crippen molar-refractivity contribution in [2.24, 2.45) is 4.99 Å². The zero-order valence-corrected chi connectivity index (χ0v) is 16.3. The Morgan fingerprint density at radius 1 is 0.962 bits per heavy atom. The summed E-state index contributed by atoms with van der Waals surface area (Å²) in [6.07, 6.45) is 0. The third-order valence-corrected chi connectivity index (χ3v) is 4.39. The maximum atomic E-state index is 5.26. The second kappa shape index (κ2) is 9.13. The summed E-state index contributed by atoms with van der Waals surface area (Å²) in [6, 6.07) is 16.2. The molecule has 0 aliphatic carbocycles. The monoisotopic (exact) mass is 355 g/mol. The number of hydrogen-bond acceptors (Lipinski definition) is 3. The highest BCUT2D eigenvalue weighted by atomic mass is 16.5. The SMILES string of the molecule is CN=C(NCc1cccc(OC)c1)NCC(C)(C)c1ccc(OC)cc1. The van der Waals surface area contributed by atoms with E-state index in [1.54, 1.807) is 21.3 Å². The molecule has 0 bridgehead atoms. The van der Waals surface area contributed by atoms with Gasteiger partial charge >= 0.3 is 0 Å². The van der Waals surface area contributed by atoms with Crippen LogP contribution in [0.1, 0.15) is 25.0 Å². The number of benzene rings is 2. The molecule has 26 heavy (non-hydrogen) atoms. The van der Waals surface area contributed by atoms with Gasteiger partial charge in [0.2, 0.25) is 0 Å². The van der Waals surface area contributed by atoms with Crippen molar-refractivity contribution in [2.45, 2.75) is 25.8 Å². The molecule has 0 heterocycles. The molecule has 0 atom stereocenters. The number of hydrogen-bond donors (Lipinski definition) is 2. The van der Waals surface area contributed by atoms with Gasteiger partial charge in [0.25, 0.3) is 0 Å². The van der Waals surface area contributed by atoms with Crippen molar-refractivity contribution >= 4 is 5.96 Å². The first kappa shape index (κ1) is 19.6. The van der Waals surface area contributed by atoms with Crippen LogP contribution in [-0.2, 0) is 12.0 Å². The average Bonchev–Trinajstić information content (AvgIpc) is 2.68. The summed E-state index contributed by atoms with van der Waals surface area (Å²) < 4.78 is 10.5. The molecule has 0 fully saturated rings. The number of nitrogens with zero attached hydrogens (tertiary/aromatic N) is 1. The molecule has 5 heteroatoms. The Labute approximate surface area is 156 Å². The van der Waals surface area contributed by atoms with Crippen molar-refractivity contribution in [3.8, 4) is 11.5 Å². The standard InChI is InChI=1S/C21H29N3O2/c1-21(2,17-9-11-18(25-4)12-10-17)15-24-20(22-3)23-14-16-7-6-8-19(13-16)26-5/h6-13H,14-15H2,1-5H3,(H2,22,23,24). The normalized spacial score (nSPS) is 11.8. The molecular weight excluding hydrogens is 326 g/mol. The van der Waals surface area contributed by atoms with Crippen molar-refractivity contribution in [3.63, 3.8) is 0 Å². The quantitative estimate of drug-likeness (QED) is 0.591. The third-order valence-electron chi connectivity index (χ3n) is 4.39. The Morgan fingerprint density at radius 2 is 1.65 bits per heavy atom. The predicted octanol–water partition coefficient (Wildman–Crippen LogP) is 3.35. The Hall–Kier alpha value is -2.69. The number of nitrogens with one attached hydrogen (secondary N) is 2. The van der Waals surface area contributed by atoms with Gasteiger partial charge in [-0.2, -0.15) is 0 Å². The molecular formula is C21H29N3O2. The van der Waals surface area contributed by atoms with Gasteiger partial charge in [-0.25, -0.2) is 0 Å². The number of ether oxygens (including phenoxy) is 2. The van der Waals surface area contributed by atoms with Crippen molar-refractivity contribution in [3.05, 3.63) is 59.7 Å². The Balaban J connectivity index is 1.92. The number of rotatable bonds is 7. The minimum atomic E-state index is -0.0418. The van der Waals surface area contributed by atoms with Crippen LogP contribution in [0.15, 0.2) is 53.5 Å². The summed E-state index contributed by atoms with van der Waals surface area (Å²) in [4.78, 5) is 4.31. The molecule has 2 rings (SSSR count). The van der Waals surface area contributed by atoms with Crippen LogP contribution in [-0.4, -0.2) is 33.8 Å². The highest BCUT2D eigenvalue weighted by Crippen LogP contribution is 2.24. The van der Waals surface area contributed by atoms with E-state index in [4.69, 9.17) is 9.47 Å². The summed E-state index contributed by atoms with van der Waals surface area (Å²) in [6.45, 7) is 5.85. The Kier molecular flexibility index (Phi) is 6.89. The first-order valence-corrected chi connectivity index (χ1v) is 8.70. The zero-order valence-electron chi connectivity index (χ0n) is 16.3. The minimum absolute atomic E-state index is 0.0418. The molecule has 0 spiro atoms. The minimum Gasteiger partial charge on any atom is -0.497 e. The molecule has 0 aromatic heterocycles. The van der Waals surface area contributed by atoms with Crippen LogP contribution in [0.2, 0.25) is 0 Å². The second-order valence-electron chi connectivity index (χ2n) is 6.74. The Bertz CT molecular complexity index is 724. The smallest absolute Gasteiger partial charge is 0.191 e. The Morgan fingerprint density at radius 3 is 2.27 bits per heavy atom. The van der Waals surface area contributed by atoms with Crippen molar-refractivity contribution in [2.75, 3.05) is 27.8 Å². The zero-order chi connectivity index (χ0) is 19.0. The summed E-state index contributed by atoms with van der Waals surface area (Å²) >= 11 is 0. The van der Waals surface area contributed by atoms with Gasteiger partial charge in [0.1, 0.15) is 11.5 Å². The van der Waals surface area contributed by atoms with Crippen molar-refractivity contribution < 1.29 is 9.47 Å². The number of methoxy groups -OCH3 is 2. The van der Waals surface area contributed by atoms with E-state index in [0.717, 1.165) is 29.6 Å². The number of aliphatic imine (C=N–C) groups is 1. The summed E-state index contributed by atoms with van der Waals surface area (Å²) in [5.41, 5.74) is 2.34. The molecule has 0 aliphatic heterocycles. The highest BCUT2D eigenvalue weighted by Gasteiger charge is 2.21. The van der Waals surface area contributed by atoms with E-state index in [-0.39, 0.29) is 5.41 Å². The molecule has 0 saturated heterocycles. The maximum Gasteiger partial charge on any atom is 0.191 e. The summed E-state index contributed by atoms with van der Waals surface area (Å²) in [7, 11) is 5.13. The molecule has 140 valence electrons. The van der Waals surface area contributed by atoms with E-state index in [1.807, 2.05) is 30.3 Å². The molecule has 0 amide bonds. The van der Waals surface area contributed by atoms with E-state index < -0.39 is 0 Å². The summed E-state index contributed by atoms with van der Waals surface area (Å²) in [5, 5.41) is 6.75. The molecule has 0 unspecified atom stereocenters. The van der Waals surface area contributed by atoms with E-state index >= 15 is 0 Å². The molecule has 2 N–H and O–H groups in total. The van der Waals surface area contributed by atoms with Gasteiger partial charge in [-0.15, -0.1) is 0 Å². The molecule has 2 aromatic carbocycles. The molecule has 0 radical (unpaired) electrons. The third kappa shape index (κ3) is 5.41. The fourth-order valence-corrected chi connectivity index (χ4v) is 2.64. The molecule has 0 aliphatic rings. The largest absolute Gasteiger partial charge is 0.497 e. The highest BCUT2D eigenvalue weighted by molar-refractivity contribution is 5.79. The second-order valence-corrected chi connectivity index (χ2v) is 6.74. The predicted molar refractivity (Wildman–Crippen MR) is 107 cm³/mol. The lowest BCUT2D eigenvalue weighted by Gasteiger charge is -2.27. The molecule has 2 aromatic rings. The molecule has 0 saturated carbocycles. The van der Waals surface area contributed by atoms with E-state index in [0.29, 0.717) is 6.54 Å². The fourth-order valence-electron chi connectivity index (χ4n) is 2.64. The van der Waals surface area contributed by atoms with Gasteiger partial charge in [0.15, 0.2) is 5.96 Å². The van der Waals surface area contributed by atoms with Gasteiger partial charge < -0.3 is 20.1 Å². The van der Waals surface area contributed by atoms with Crippen LogP contribution in [0.4, 0.5) is 0 Å². The number of guanidine groups is 1. The van der Waals surface area contributed by atoms with Crippen LogP contribution < -0.4 is 20.1 Å². The van der Waals surface area contributed by atoms with Crippen LogP contribution in [0.5, 0.6) is 11.5 Å². The lowest BCUT2D eigenvalue weighted by Crippen LogP contribution is -2.43. The first-order chi connectivity index (χ1) is 12.5. The van der Waals surface area contributed by atoms with Crippen molar-refractivity contribution in [1.29, 1.82) is 0 Å². The van der Waals surface area contributed by atoms with E-state index in [1.165, 1.54) is 5.56 Å². The lowest BCUT2D eigenvalue weighted by atomic mass is 9.84.